The molecule has 1 N–H and O–H groups in total. The summed E-state index contributed by atoms with van der Waals surface area (Å²) in [5, 5.41) is 2.35. The number of fused-ring (bicyclic) bond motifs is 1. The van der Waals surface area contributed by atoms with Gasteiger partial charge in [-0.3, -0.25) is 4.79 Å². The van der Waals surface area contributed by atoms with Crippen molar-refractivity contribution in [3.05, 3.63) is 43.9 Å². The minimum atomic E-state index is -0.0701. The van der Waals surface area contributed by atoms with E-state index in [-0.39, 0.29) is 4.87 Å². The molecule has 0 aromatic carbocycles. The van der Waals surface area contributed by atoms with Crippen LogP contribution in [0.3, 0.4) is 0 Å². The zero-order chi connectivity index (χ0) is 14.1. The van der Waals surface area contributed by atoms with Crippen molar-refractivity contribution in [2.45, 2.75) is 13.0 Å². The maximum atomic E-state index is 11.2. The molecule has 3 aromatic rings. The van der Waals surface area contributed by atoms with Gasteiger partial charge in [0, 0.05) is 29.6 Å². The second-order valence-electron chi connectivity index (χ2n) is 4.22. The third-order valence-corrected chi connectivity index (χ3v) is 3.96. The summed E-state index contributed by atoms with van der Waals surface area (Å²) in [7, 11) is 0. The number of hydrogen-bond acceptors (Lipinski definition) is 4. The maximum absolute atomic E-state index is 11.2. The Labute approximate surface area is 128 Å². The molecule has 3 aromatic heterocycles. The normalized spacial score (nSPS) is 11.3. The summed E-state index contributed by atoms with van der Waals surface area (Å²) in [4.78, 5) is 22.8. The molecule has 104 valence electrons. The Kier molecular flexibility index (Phi) is 3.78. The van der Waals surface area contributed by atoms with Crippen molar-refractivity contribution in [3.8, 4) is 0 Å². The van der Waals surface area contributed by atoms with E-state index in [1.165, 1.54) is 0 Å². The van der Waals surface area contributed by atoms with Gasteiger partial charge in [0.05, 0.1) is 11.6 Å². The molecular formula is C12H10Cl2N4OS. The number of rotatable bonds is 4. The topological polar surface area (TPSA) is 63.6 Å². The van der Waals surface area contributed by atoms with Gasteiger partial charge in [-0.05, 0) is 6.07 Å². The van der Waals surface area contributed by atoms with Crippen LogP contribution in [0.2, 0.25) is 5.02 Å². The zero-order valence-corrected chi connectivity index (χ0v) is 12.6. The first kappa shape index (κ1) is 13.6. The zero-order valence-electron chi connectivity index (χ0n) is 10.3. The molecule has 0 saturated heterocycles. The van der Waals surface area contributed by atoms with E-state index in [0.29, 0.717) is 23.9 Å². The number of aromatic amines is 1. The van der Waals surface area contributed by atoms with Gasteiger partial charge in [-0.15, -0.1) is 11.6 Å². The number of aromatic nitrogens is 4. The Morgan fingerprint density at radius 2 is 2.30 bits per heavy atom. The van der Waals surface area contributed by atoms with Crippen molar-refractivity contribution >= 4 is 45.7 Å². The van der Waals surface area contributed by atoms with Gasteiger partial charge < -0.3 is 9.55 Å². The lowest BCUT2D eigenvalue weighted by molar-refractivity contribution is 0.734. The molecule has 3 heterocycles. The molecule has 0 amide bonds. The number of nitrogens with one attached hydrogen (secondary N) is 1. The fraction of sp³-hybridized carbons (Fsp3) is 0.250. The van der Waals surface area contributed by atoms with Crippen LogP contribution in [0.4, 0.5) is 0 Å². The van der Waals surface area contributed by atoms with Crippen LogP contribution in [-0.4, -0.2) is 25.4 Å². The van der Waals surface area contributed by atoms with Gasteiger partial charge in [-0.2, -0.15) is 0 Å². The van der Waals surface area contributed by atoms with Crippen molar-refractivity contribution in [2.75, 3.05) is 5.88 Å². The maximum Gasteiger partial charge on any atom is 0.304 e. The summed E-state index contributed by atoms with van der Waals surface area (Å²) >= 11 is 12.9. The molecule has 0 unspecified atom stereocenters. The minimum absolute atomic E-state index is 0.0701. The fourth-order valence-corrected chi connectivity index (χ4v) is 2.93. The molecule has 0 fully saturated rings. The van der Waals surface area contributed by atoms with E-state index in [1.54, 1.807) is 17.6 Å². The van der Waals surface area contributed by atoms with Crippen molar-refractivity contribution < 1.29 is 0 Å². The van der Waals surface area contributed by atoms with Gasteiger partial charge in [0.25, 0.3) is 0 Å². The molecule has 20 heavy (non-hydrogen) atoms. The number of thiazole rings is 1. The van der Waals surface area contributed by atoms with Gasteiger partial charge in [0.1, 0.15) is 11.3 Å². The van der Waals surface area contributed by atoms with Crippen molar-refractivity contribution in [2.24, 2.45) is 0 Å². The molecule has 0 atom stereocenters. The highest BCUT2D eigenvalue weighted by molar-refractivity contribution is 7.07. The summed E-state index contributed by atoms with van der Waals surface area (Å²) in [5.74, 6) is 1.30. The third-order valence-electron chi connectivity index (χ3n) is 2.85. The van der Waals surface area contributed by atoms with Crippen LogP contribution in [0.5, 0.6) is 0 Å². The van der Waals surface area contributed by atoms with Crippen LogP contribution in [0.15, 0.2) is 22.4 Å². The van der Waals surface area contributed by atoms with Crippen LogP contribution >= 0.6 is 34.5 Å². The van der Waals surface area contributed by atoms with Crippen molar-refractivity contribution in [1.82, 2.24) is 19.5 Å². The number of alkyl halides is 1. The van der Waals surface area contributed by atoms with Crippen LogP contribution < -0.4 is 4.87 Å². The standard InChI is InChI=1S/C12H10Cl2N4OS/c13-2-1-10-17-9-3-7(14)4-15-11(9)18(10)5-8-6-20-12(19)16-8/h3-4,6H,1-2,5H2,(H,16,19). The van der Waals surface area contributed by atoms with Gasteiger partial charge in [-0.1, -0.05) is 22.9 Å². The number of aryl methyl sites for hydroxylation is 1. The first-order valence-electron chi connectivity index (χ1n) is 5.90. The average molecular weight is 329 g/mol. The Morgan fingerprint density at radius 1 is 1.45 bits per heavy atom. The number of hydrogen-bond donors (Lipinski definition) is 1. The SMILES string of the molecule is O=c1[nH]c(Cn2c(CCCl)nc3cc(Cl)cnc32)cs1. The van der Waals surface area contributed by atoms with Crippen LogP contribution in [-0.2, 0) is 13.0 Å². The molecule has 0 aliphatic carbocycles. The van der Waals surface area contributed by atoms with E-state index < -0.39 is 0 Å². The van der Waals surface area contributed by atoms with Crippen LogP contribution in [0.1, 0.15) is 11.5 Å². The number of pyridine rings is 1. The van der Waals surface area contributed by atoms with Crippen LogP contribution in [0.25, 0.3) is 11.2 Å². The Bertz CT molecular complexity index is 807. The van der Waals surface area contributed by atoms with Crippen molar-refractivity contribution in [3.63, 3.8) is 0 Å². The quantitative estimate of drug-likeness (QED) is 0.749. The number of imidazole rings is 1. The molecular weight excluding hydrogens is 319 g/mol. The number of H-pyrrole nitrogens is 1. The Balaban J connectivity index is 2.10. The highest BCUT2D eigenvalue weighted by Crippen LogP contribution is 2.19. The minimum Gasteiger partial charge on any atom is -0.315 e. The first-order chi connectivity index (χ1) is 9.67. The molecule has 0 bridgehead atoms. The average Bonchev–Trinajstić information content (AvgIpc) is 2.95. The highest BCUT2D eigenvalue weighted by Gasteiger charge is 2.13. The third kappa shape index (κ3) is 2.59. The molecule has 5 nitrogen and oxygen atoms in total. The molecule has 0 saturated carbocycles. The van der Waals surface area contributed by atoms with E-state index in [9.17, 15) is 4.79 Å². The predicted octanol–water partition coefficient (Wildman–Crippen LogP) is 2.66. The monoisotopic (exact) mass is 328 g/mol. The predicted molar refractivity (Wildman–Crippen MR) is 81.0 cm³/mol. The summed E-state index contributed by atoms with van der Waals surface area (Å²) < 4.78 is 1.95. The van der Waals surface area contributed by atoms with E-state index in [4.69, 9.17) is 23.2 Å². The highest BCUT2D eigenvalue weighted by atomic mass is 35.5. The molecule has 0 radical (unpaired) electrons. The summed E-state index contributed by atoms with van der Waals surface area (Å²) in [5.41, 5.74) is 2.30. The summed E-state index contributed by atoms with van der Waals surface area (Å²) in [6.07, 6.45) is 2.22. The molecule has 0 aliphatic rings. The van der Waals surface area contributed by atoms with E-state index >= 15 is 0 Å². The Morgan fingerprint density at radius 3 is 3.00 bits per heavy atom. The second-order valence-corrected chi connectivity index (χ2v) is 5.88. The van der Waals surface area contributed by atoms with Gasteiger partial charge in [-0.25, -0.2) is 9.97 Å². The van der Waals surface area contributed by atoms with E-state index in [1.807, 2.05) is 4.57 Å². The summed E-state index contributed by atoms with van der Waals surface area (Å²) in [6, 6.07) is 1.77. The fourth-order valence-electron chi connectivity index (χ4n) is 2.04. The van der Waals surface area contributed by atoms with Crippen LogP contribution in [0, 0.1) is 0 Å². The molecule has 0 spiro atoms. The number of nitrogens with zero attached hydrogens (tertiary/aromatic N) is 3. The van der Waals surface area contributed by atoms with Crippen molar-refractivity contribution in [1.29, 1.82) is 0 Å². The summed E-state index contributed by atoms with van der Waals surface area (Å²) in [6.45, 7) is 0.510. The smallest absolute Gasteiger partial charge is 0.304 e. The lowest BCUT2D eigenvalue weighted by Gasteiger charge is -2.06. The second kappa shape index (κ2) is 5.55. The lowest BCUT2D eigenvalue weighted by Crippen LogP contribution is -2.08. The first-order valence-corrected chi connectivity index (χ1v) is 7.70. The number of halogens is 2. The lowest BCUT2D eigenvalue weighted by atomic mass is 10.4. The molecule has 3 rings (SSSR count). The molecule has 8 heteroatoms. The van der Waals surface area contributed by atoms with Gasteiger partial charge >= 0.3 is 4.87 Å². The van der Waals surface area contributed by atoms with E-state index in [2.05, 4.69) is 15.0 Å². The van der Waals surface area contributed by atoms with E-state index in [0.717, 1.165) is 34.0 Å². The van der Waals surface area contributed by atoms with Gasteiger partial charge in [0.15, 0.2) is 5.65 Å². The largest absolute Gasteiger partial charge is 0.315 e. The Hall–Kier alpha value is -1.37. The molecule has 0 aliphatic heterocycles. The van der Waals surface area contributed by atoms with Gasteiger partial charge in [0.2, 0.25) is 0 Å².